The van der Waals surface area contributed by atoms with Gasteiger partial charge < -0.3 is 0 Å². The van der Waals surface area contributed by atoms with Gasteiger partial charge in [0.15, 0.2) is 0 Å². The van der Waals surface area contributed by atoms with Gasteiger partial charge in [0.05, 0.1) is 0 Å². The van der Waals surface area contributed by atoms with E-state index in [0.717, 1.165) is 0 Å². The lowest BCUT2D eigenvalue weighted by atomic mass is 11.2. The van der Waals surface area contributed by atoms with Gasteiger partial charge >= 0.3 is 0 Å². The molecule has 0 fully saturated rings. The molecule has 0 aromatic carbocycles. The van der Waals surface area contributed by atoms with Crippen molar-refractivity contribution in [2.75, 3.05) is 5.50 Å². The predicted octanol–water partition coefficient (Wildman–Crippen LogP) is 2.39. The topological polar surface area (TPSA) is 0 Å². The minimum atomic E-state index is -1.63. The highest BCUT2D eigenvalue weighted by atomic mass is 35.5. The van der Waals surface area contributed by atoms with E-state index in [0.29, 0.717) is 5.50 Å². The van der Waals surface area contributed by atoms with Crippen LogP contribution in [-0.2, 0) is 0 Å². The molecule has 0 unspecified atom stereocenters. The summed E-state index contributed by atoms with van der Waals surface area (Å²) in [6.45, 7) is 11.0. The molecule has 0 amide bonds. The van der Waals surface area contributed by atoms with Gasteiger partial charge in [-0.1, -0.05) is 17.1 Å². The summed E-state index contributed by atoms with van der Waals surface area (Å²) in [4.78, 5) is 0. The van der Waals surface area contributed by atoms with E-state index in [1.54, 1.807) is 0 Å². The molecule has 0 radical (unpaired) electrons. The summed E-state index contributed by atoms with van der Waals surface area (Å²) in [6.07, 6.45) is 0. The van der Waals surface area contributed by atoms with Gasteiger partial charge in [0.2, 0.25) is 0 Å². The molecule has 0 aromatic rings. The first kappa shape index (κ1) is 8.73. The van der Waals surface area contributed by atoms with E-state index in [4.69, 9.17) is 11.6 Å². The minimum Gasteiger partial charge on any atom is -0.129 e. The van der Waals surface area contributed by atoms with Gasteiger partial charge in [-0.05, 0) is 0 Å². The van der Waals surface area contributed by atoms with Crippen LogP contribution in [0.5, 0.6) is 0 Å². The summed E-state index contributed by atoms with van der Waals surface area (Å²) < 4.78 is 0. The molecule has 0 saturated heterocycles. The molecular formula is C7H11ClSi. The predicted molar refractivity (Wildman–Crippen MR) is 47.1 cm³/mol. The third-order valence-electron chi connectivity index (χ3n) is 1.37. The van der Waals surface area contributed by atoms with Crippen LogP contribution in [0.25, 0.3) is 0 Å². The van der Waals surface area contributed by atoms with Crippen LogP contribution in [-0.4, -0.2) is 13.6 Å². The fourth-order valence-electron chi connectivity index (χ4n) is 0.414. The molecule has 0 spiro atoms. The van der Waals surface area contributed by atoms with Gasteiger partial charge in [-0.15, -0.1) is 31.3 Å². The molecular weight excluding hydrogens is 148 g/mol. The second kappa shape index (κ2) is 3.70. The standard InChI is InChI=1S/C7H11ClSi/c1-4-9(5-2,6-3)7-8/h4-6H,1-3,7H2. The van der Waals surface area contributed by atoms with Crippen molar-refractivity contribution in [1.29, 1.82) is 0 Å². The van der Waals surface area contributed by atoms with E-state index >= 15 is 0 Å². The summed E-state index contributed by atoms with van der Waals surface area (Å²) >= 11 is 5.67. The molecule has 9 heavy (non-hydrogen) atoms. The minimum absolute atomic E-state index is 0.601. The first-order valence-corrected chi connectivity index (χ1v) is 5.69. The first-order valence-electron chi connectivity index (χ1n) is 2.71. The number of hydrogen-bond acceptors (Lipinski definition) is 0. The summed E-state index contributed by atoms with van der Waals surface area (Å²) in [5.74, 6) is 0. The van der Waals surface area contributed by atoms with Gasteiger partial charge in [-0.25, -0.2) is 0 Å². The highest BCUT2D eigenvalue weighted by molar-refractivity contribution is 6.97. The van der Waals surface area contributed by atoms with Crippen molar-refractivity contribution < 1.29 is 0 Å². The van der Waals surface area contributed by atoms with E-state index in [9.17, 15) is 0 Å². The maximum absolute atomic E-state index is 5.67. The summed E-state index contributed by atoms with van der Waals surface area (Å²) in [7, 11) is -1.63. The van der Waals surface area contributed by atoms with Crippen LogP contribution >= 0.6 is 11.6 Å². The molecule has 0 aromatic heterocycles. The monoisotopic (exact) mass is 158 g/mol. The molecule has 0 heterocycles. The Morgan fingerprint density at radius 1 is 1.11 bits per heavy atom. The molecule has 0 rings (SSSR count). The smallest absolute Gasteiger partial charge is 0.129 e. The molecule has 0 nitrogen and oxygen atoms in total. The molecule has 0 N–H and O–H groups in total. The van der Waals surface area contributed by atoms with E-state index in [-0.39, 0.29) is 0 Å². The Bertz CT molecular complexity index is 107. The molecule has 0 aliphatic heterocycles. The summed E-state index contributed by atoms with van der Waals surface area (Å²) in [5, 5.41) is 0. The zero-order valence-corrected chi connectivity index (χ0v) is 7.19. The van der Waals surface area contributed by atoms with E-state index in [1.165, 1.54) is 0 Å². The van der Waals surface area contributed by atoms with Crippen molar-refractivity contribution in [3.8, 4) is 0 Å². The normalized spacial score (nSPS) is 10.3. The number of halogens is 1. The van der Waals surface area contributed by atoms with Crippen LogP contribution in [0.15, 0.2) is 36.8 Å². The highest BCUT2D eigenvalue weighted by Crippen LogP contribution is 2.08. The zero-order chi connectivity index (χ0) is 7.33. The Labute approximate surface area is 62.5 Å². The molecule has 0 saturated carbocycles. The van der Waals surface area contributed by atoms with E-state index in [1.807, 2.05) is 17.1 Å². The van der Waals surface area contributed by atoms with Crippen molar-refractivity contribution in [2.45, 2.75) is 0 Å². The number of rotatable bonds is 4. The van der Waals surface area contributed by atoms with Crippen molar-refractivity contribution in [1.82, 2.24) is 0 Å². The van der Waals surface area contributed by atoms with Crippen LogP contribution in [0.2, 0.25) is 0 Å². The Morgan fingerprint density at radius 3 is 1.44 bits per heavy atom. The third-order valence-corrected chi connectivity index (χ3v) is 5.50. The quantitative estimate of drug-likeness (QED) is 0.436. The van der Waals surface area contributed by atoms with Crippen molar-refractivity contribution >= 4 is 19.7 Å². The Balaban J connectivity index is 4.34. The van der Waals surface area contributed by atoms with Crippen LogP contribution < -0.4 is 0 Å². The average molecular weight is 159 g/mol. The molecule has 50 valence electrons. The molecule has 0 aliphatic carbocycles. The Morgan fingerprint density at radius 2 is 1.44 bits per heavy atom. The van der Waals surface area contributed by atoms with Crippen LogP contribution in [0.4, 0.5) is 0 Å². The maximum atomic E-state index is 5.67. The Hall–Kier alpha value is -0.273. The van der Waals surface area contributed by atoms with Crippen molar-refractivity contribution in [3.05, 3.63) is 36.8 Å². The lowest BCUT2D eigenvalue weighted by Gasteiger charge is -2.13. The van der Waals surface area contributed by atoms with Crippen LogP contribution in [0, 0.1) is 0 Å². The first-order chi connectivity index (χ1) is 4.24. The van der Waals surface area contributed by atoms with Gasteiger partial charge in [-0.3, -0.25) is 0 Å². The number of alkyl halides is 1. The molecule has 0 aliphatic rings. The van der Waals surface area contributed by atoms with Crippen molar-refractivity contribution in [2.24, 2.45) is 0 Å². The lowest BCUT2D eigenvalue weighted by molar-refractivity contribution is 1.88. The second-order valence-corrected chi connectivity index (χ2v) is 6.38. The molecule has 2 heteroatoms. The fraction of sp³-hybridized carbons (Fsp3) is 0.143. The van der Waals surface area contributed by atoms with Gasteiger partial charge in [-0.2, -0.15) is 0 Å². The largest absolute Gasteiger partial charge is 0.139 e. The lowest BCUT2D eigenvalue weighted by Crippen LogP contribution is -2.29. The highest BCUT2D eigenvalue weighted by Gasteiger charge is 2.18. The second-order valence-electron chi connectivity index (χ2n) is 1.86. The summed E-state index contributed by atoms with van der Waals surface area (Å²) in [5.41, 5.74) is 6.23. The SMILES string of the molecule is C=C[Si](C=C)(C=C)CCl. The number of hydrogen-bond donors (Lipinski definition) is 0. The third kappa shape index (κ3) is 1.84. The van der Waals surface area contributed by atoms with Gasteiger partial charge in [0.1, 0.15) is 8.07 Å². The molecule has 0 bridgehead atoms. The van der Waals surface area contributed by atoms with Crippen LogP contribution in [0.1, 0.15) is 0 Å². The average Bonchev–Trinajstić information content (AvgIpc) is 1.95. The summed E-state index contributed by atoms with van der Waals surface area (Å²) in [6, 6.07) is 0. The van der Waals surface area contributed by atoms with E-state index in [2.05, 4.69) is 19.7 Å². The fourth-order valence-corrected chi connectivity index (χ4v) is 2.22. The maximum Gasteiger partial charge on any atom is 0.139 e. The van der Waals surface area contributed by atoms with E-state index < -0.39 is 8.07 Å². The zero-order valence-electron chi connectivity index (χ0n) is 5.44. The Kier molecular flexibility index (Phi) is 3.58. The van der Waals surface area contributed by atoms with Gasteiger partial charge in [0.25, 0.3) is 0 Å². The van der Waals surface area contributed by atoms with Crippen molar-refractivity contribution in [3.63, 3.8) is 0 Å². The van der Waals surface area contributed by atoms with Gasteiger partial charge in [0, 0.05) is 5.50 Å². The van der Waals surface area contributed by atoms with Crippen LogP contribution in [0.3, 0.4) is 0 Å². The molecule has 0 atom stereocenters.